The molecule has 0 bridgehead atoms. The van der Waals surface area contributed by atoms with E-state index >= 15 is 0 Å². The minimum absolute atomic E-state index is 0.328. The molecule has 1 aromatic rings. The Bertz CT molecular complexity index is 926. The van der Waals surface area contributed by atoms with Gasteiger partial charge >= 0.3 is 12.1 Å². The van der Waals surface area contributed by atoms with Crippen LogP contribution in [0.3, 0.4) is 0 Å². The number of esters is 1. The molecule has 0 spiro atoms. The monoisotopic (exact) mass is 537 g/mol. The van der Waals surface area contributed by atoms with Crippen LogP contribution in [0.1, 0.15) is 70.2 Å². The molecular formula is C27H43N3O6S. The molecule has 0 aliphatic rings. The van der Waals surface area contributed by atoms with E-state index in [9.17, 15) is 19.2 Å². The first-order chi connectivity index (χ1) is 17.2. The number of benzene rings is 1. The molecule has 0 saturated heterocycles. The van der Waals surface area contributed by atoms with Crippen molar-refractivity contribution in [2.24, 2.45) is 0 Å². The Morgan fingerprint density at radius 3 is 2.16 bits per heavy atom. The van der Waals surface area contributed by atoms with Crippen LogP contribution in [0.4, 0.5) is 4.79 Å². The molecule has 1 aromatic carbocycles. The van der Waals surface area contributed by atoms with E-state index in [4.69, 9.17) is 4.74 Å². The highest BCUT2D eigenvalue weighted by Crippen LogP contribution is 2.28. The first kappa shape index (κ1) is 32.3. The Labute approximate surface area is 225 Å². The predicted molar refractivity (Wildman–Crippen MR) is 146 cm³/mol. The highest BCUT2D eigenvalue weighted by atomic mass is 32.2. The zero-order valence-electron chi connectivity index (χ0n) is 23.6. The van der Waals surface area contributed by atoms with Gasteiger partial charge in [-0.3, -0.25) is 14.4 Å². The van der Waals surface area contributed by atoms with Gasteiger partial charge in [-0.05, 0) is 72.0 Å². The van der Waals surface area contributed by atoms with E-state index in [-0.39, 0.29) is 12.6 Å². The Hall–Kier alpha value is -2.75. The molecule has 10 heteroatoms. The fourth-order valence-electron chi connectivity index (χ4n) is 3.85. The lowest BCUT2D eigenvalue weighted by molar-refractivity contribution is -0.146. The van der Waals surface area contributed by atoms with Crippen molar-refractivity contribution in [3.63, 3.8) is 0 Å². The number of aryl methyl sites for hydroxylation is 2. The van der Waals surface area contributed by atoms with E-state index in [1.807, 2.05) is 52.1 Å². The van der Waals surface area contributed by atoms with E-state index in [1.54, 1.807) is 32.5 Å². The fourth-order valence-corrected chi connectivity index (χ4v) is 4.32. The van der Waals surface area contributed by atoms with Gasteiger partial charge in [-0.1, -0.05) is 36.2 Å². The van der Waals surface area contributed by atoms with E-state index < -0.39 is 41.6 Å². The summed E-state index contributed by atoms with van der Waals surface area (Å²) < 4.78 is 10.1. The third-order valence-corrected chi connectivity index (χ3v) is 6.28. The molecule has 0 fully saturated rings. The molecule has 1 rings (SSSR count). The second-order valence-electron chi connectivity index (χ2n) is 10.1. The maximum atomic E-state index is 14.1. The summed E-state index contributed by atoms with van der Waals surface area (Å²) in [7, 11) is 1.24. The minimum Gasteiger partial charge on any atom is -0.468 e. The zero-order chi connectivity index (χ0) is 28.3. The lowest BCUT2D eigenvalue weighted by atomic mass is 9.96. The number of ether oxygens (including phenoxy) is 2. The molecule has 3 atom stereocenters. The third-order valence-electron chi connectivity index (χ3n) is 5.64. The normalized spacial score (nSPS) is 13.6. The molecule has 3 unspecified atom stereocenters. The highest BCUT2D eigenvalue weighted by Gasteiger charge is 2.38. The maximum absolute atomic E-state index is 14.1. The Balaban J connectivity index is 3.56. The van der Waals surface area contributed by atoms with Gasteiger partial charge in [0.15, 0.2) is 0 Å². The second kappa shape index (κ2) is 14.9. The number of methoxy groups -OCH3 is 1. The first-order valence-corrected chi connectivity index (χ1v) is 13.9. The number of carbonyl (C=O) groups is 4. The van der Waals surface area contributed by atoms with Crippen molar-refractivity contribution in [3.05, 3.63) is 34.9 Å². The van der Waals surface area contributed by atoms with Crippen LogP contribution in [0, 0.1) is 13.8 Å². The van der Waals surface area contributed by atoms with Crippen molar-refractivity contribution in [1.82, 2.24) is 15.5 Å². The van der Waals surface area contributed by atoms with Crippen molar-refractivity contribution >= 4 is 35.6 Å². The van der Waals surface area contributed by atoms with Crippen LogP contribution < -0.4 is 10.6 Å². The van der Waals surface area contributed by atoms with Crippen LogP contribution in [-0.2, 0) is 23.9 Å². The average molecular weight is 538 g/mol. The van der Waals surface area contributed by atoms with Gasteiger partial charge in [0.2, 0.25) is 11.8 Å². The number of thioether (sulfide) groups is 1. The molecule has 2 N–H and O–H groups in total. The van der Waals surface area contributed by atoms with Crippen LogP contribution in [0.15, 0.2) is 18.2 Å². The number of hydrogen-bond acceptors (Lipinski definition) is 7. The van der Waals surface area contributed by atoms with E-state index in [0.29, 0.717) is 24.2 Å². The molecule has 37 heavy (non-hydrogen) atoms. The molecule has 3 amide bonds. The lowest BCUT2D eigenvalue weighted by Crippen LogP contribution is -2.56. The van der Waals surface area contributed by atoms with Crippen molar-refractivity contribution < 1.29 is 28.7 Å². The number of carbonyl (C=O) groups excluding carboxylic acids is 4. The third kappa shape index (κ3) is 10.6. The lowest BCUT2D eigenvalue weighted by Gasteiger charge is -2.38. The molecule has 0 aliphatic carbocycles. The van der Waals surface area contributed by atoms with Gasteiger partial charge in [-0.2, -0.15) is 11.8 Å². The maximum Gasteiger partial charge on any atom is 0.408 e. The molecular weight excluding hydrogens is 494 g/mol. The number of alkyl carbamates (subject to hydrolysis) is 1. The summed E-state index contributed by atoms with van der Waals surface area (Å²) >= 11 is 1.55. The van der Waals surface area contributed by atoms with Gasteiger partial charge in [0.25, 0.3) is 0 Å². The number of rotatable bonds is 12. The summed E-state index contributed by atoms with van der Waals surface area (Å²) in [6.07, 6.45) is 2.14. The van der Waals surface area contributed by atoms with Crippen LogP contribution in [0.5, 0.6) is 0 Å². The SMILES string of the molecule is CCC(C)N(C(=O)C(CCSC)NC(=O)OC(C)(C)C)C(C(=O)NCC(=O)OC)c1cc(C)cc(C)c1. The van der Waals surface area contributed by atoms with Gasteiger partial charge in [-0.15, -0.1) is 0 Å². The van der Waals surface area contributed by atoms with Crippen molar-refractivity contribution in [2.45, 2.75) is 85.0 Å². The Kier molecular flexibility index (Phi) is 13.0. The Morgan fingerprint density at radius 1 is 1.08 bits per heavy atom. The van der Waals surface area contributed by atoms with E-state index in [0.717, 1.165) is 11.1 Å². The summed E-state index contributed by atoms with van der Waals surface area (Å²) in [6.45, 7) is 12.5. The molecule has 0 aromatic heterocycles. The summed E-state index contributed by atoms with van der Waals surface area (Å²) in [5.41, 5.74) is 1.75. The number of nitrogens with zero attached hydrogens (tertiary/aromatic N) is 1. The van der Waals surface area contributed by atoms with Crippen molar-refractivity contribution in [2.75, 3.05) is 25.7 Å². The van der Waals surface area contributed by atoms with Gasteiger partial charge in [0, 0.05) is 6.04 Å². The highest BCUT2D eigenvalue weighted by molar-refractivity contribution is 7.98. The average Bonchev–Trinajstić information content (AvgIpc) is 2.80. The minimum atomic E-state index is -1.03. The molecule has 0 heterocycles. The predicted octanol–water partition coefficient (Wildman–Crippen LogP) is 3.91. The smallest absolute Gasteiger partial charge is 0.408 e. The second-order valence-corrected chi connectivity index (χ2v) is 11.1. The van der Waals surface area contributed by atoms with E-state index in [1.165, 1.54) is 12.0 Å². The van der Waals surface area contributed by atoms with Crippen molar-refractivity contribution in [1.29, 1.82) is 0 Å². The number of amides is 3. The van der Waals surface area contributed by atoms with Gasteiger partial charge in [0.05, 0.1) is 7.11 Å². The van der Waals surface area contributed by atoms with E-state index in [2.05, 4.69) is 15.4 Å². The summed E-state index contributed by atoms with van der Waals surface area (Å²) in [5, 5.41) is 5.34. The molecule has 0 saturated carbocycles. The molecule has 9 nitrogen and oxygen atoms in total. The van der Waals surface area contributed by atoms with Crippen LogP contribution in [-0.4, -0.2) is 72.1 Å². The number of nitrogens with one attached hydrogen (secondary N) is 2. The standard InChI is InChI=1S/C27H43N3O6S/c1-10-19(4)30(25(33)21(11-12-37-9)29-26(34)36-27(5,6)7)23(24(32)28-16-22(31)35-8)20-14-17(2)13-18(3)15-20/h13-15,19,21,23H,10-12,16H2,1-9H3,(H,28,32)(H,29,34). The van der Waals surface area contributed by atoms with Crippen molar-refractivity contribution in [3.8, 4) is 0 Å². The zero-order valence-corrected chi connectivity index (χ0v) is 24.4. The summed E-state index contributed by atoms with van der Waals surface area (Å²) in [6, 6.07) is 3.42. The fraction of sp³-hybridized carbons (Fsp3) is 0.630. The quantitative estimate of drug-likeness (QED) is 0.389. The summed E-state index contributed by atoms with van der Waals surface area (Å²) in [4.78, 5) is 53.6. The molecule has 0 aliphatic heterocycles. The van der Waals surface area contributed by atoms with Gasteiger partial charge < -0.3 is 25.0 Å². The molecule has 0 radical (unpaired) electrons. The number of hydrogen-bond donors (Lipinski definition) is 2. The van der Waals surface area contributed by atoms with Gasteiger partial charge in [-0.25, -0.2) is 4.79 Å². The van der Waals surface area contributed by atoms with Crippen LogP contribution in [0.25, 0.3) is 0 Å². The van der Waals surface area contributed by atoms with Gasteiger partial charge in [0.1, 0.15) is 24.2 Å². The van der Waals surface area contributed by atoms with Crippen LogP contribution in [0.2, 0.25) is 0 Å². The molecule has 208 valence electrons. The summed E-state index contributed by atoms with van der Waals surface area (Å²) in [5.74, 6) is -0.890. The Morgan fingerprint density at radius 2 is 1.68 bits per heavy atom. The first-order valence-electron chi connectivity index (χ1n) is 12.5. The largest absolute Gasteiger partial charge is 0.468 e. The van der Waals surface area contributed by atoms with Crippen LogP contribution >= 0.6 is 11.8 Å². The topological polar surface area (TPSA) is 114 Å².